The number of hydrogen-bond acceptors (Lipinski definition) is 3. The van der Waals surface area contributed by atoms with Crippen LogP contribution in [0, 0.1) is 0 Å². The molecule has 2 rings (SSSR count). The van der Waals surface area contributed by atoms with Crippen LogP contribution in [-0.2, 0) is 9.53 Å². The molecule has 2 nitrogen and oxygen atoms in total. The van der Waals surface area contributed by atoms with Crippen molar-refractivity contribution >= 4 is 17.7 Å². The van der Waals surface area contributed by atoms with E-state index >= 15 is 0 Å². The number of thioether (sulfide) groups is 1. The minimum absolute atomic E-state index is 0.160. The first kappa shape index (κ1) is 14.7. The van der Waals surface area contributed by atoms with Gasteiger partial charge in [-0.1, -0.05) is 48.5 Å². The molecule has 0 amide bonds. The zero-order valence-corrected chi connectivity index (χ0v) is 12.3. The Morgan fingerprint density at radius 2 is 1.65 bits per heavy atom. The van der Waals surface area contributed by atoms with Gasteiger partial charge in [-0.05, 0) is 17.7 Å². The molecule has 0 aromatic heterocycles. The molecule has 0 bridgehead atoms. The van der Waals surface area contributed by atoms with Crippen molar-refractivity contribution in [1.82, 2.24) is 0 Å². The zero-order valence-electron chi connectivity index (χ0n) is 11.5. The van der Waals surface area contributed by atoms with E-state index in [9.17, 15) is 4.79 Å². The number of esters is 1. The van der Waals surface area contributed by atoms with Crippen LogP contribution in [0.4, 0.5) is 0 Å². The molecule has 0 aliphatic heterocycles. The molecule has 0 radical (unpaired) electrons. The molecule has 20 heavy (non-hydrogen) atoms. The SMILES string of the molecule is COC(=O)CC(CSc1ccccc1)c1ccccc1. The number of methoxy groups -OCH3 is 1. The lowest BCUT2D eigenvalue weighted by Crippen LogP contribution is -2.10. The lowest BCUT2D eigenvalue weighted by molar-refractivity contribution is -0.140. The average molecular weight is 286 g/mol. The summed E-state index contributed by atoms with van der Waals surface area (Å²) in [6, 6.07) is 20.4. The third-order valence-electron chi connectivity index (χ3n) is 3.11. The number of hydrogen-bond donors (Lipinski definition) is 0. The molecule has 0 saturated carbocycles. The third kappa shape index (κ3) is 4.42. The largest absolute Gasteiger partial charge is 0.469 e. The second-order valence-corrected chi connectivity index (χ2v) is 5.61. The molecular formula is C17H18O2S. The molecule has 0 spiro atoms. The highest BCUT2D eigenvalue weighted by Gasteiger charge is 2.16. The Balaban J connectivity index is 2.05. The molecule has 0 fully saturated rings. The van der Waals surface area contributed by atoms with Gasteiger partial charge in [-0.2, -0.15) is 0 Å². The summed E-state index contributed by atoms with van der Waals surface area (Å²) in [5.41, 5.74) is 1.18. The van der Waals surface area contributed by atoms with Gasteiger partial charge in [0.15, 0.2) is 0 Å². The fourth-order valence-electron chi connectivity index (χ4n) is 2.00. The van der Waals surface area contributed by atoms with Gasteiger partial charge >= 0.3 is 5.97 Å². The first-order valence-electron chi connectivity index (χ1n) is 6.59. The van der Waals surface area contributed by atoms with Crippen molar-refractivity contribution in [1.29, 1.82) is 0 Å². The molecule has 104 valence electrons. The quantitative estimate of drug-likeness (QED) is 0.590. The highest BCUT2D eigenvalue weighted by molar-refractivity contribution is 7.99. The molecule has 3 heteroatoms. The maximum absolute atomic E-state index is 11.6. The van der Waals surface area contributed by atoms with Gasteiger partial charge in [-0.3, -0.25) is 4.79 Å². The highest BCUT2D eigenvalue weighted by Crippen LogP contribution is 2.28. The van der Waals surface area contributed by atoms with Crippen LogP contribution in [-0.4, -0.2) is 18.8 Å². The third-order valence-corrected chi connectivity index (χ3v) is 4.28. The minimum atomic E-state index is -0.160. The molecule has 0 saturated heterocycles. The van der Waals surface area contributed by atoms with E-state index in [1.54, 1.807) is 11.8 Å². The van der Waals surface area contributed by atoms with E-state index in [0.717, 1.165) is 5.75 Å². The summed E-state index contributed by atoms with van der Waals surface area (Å²) in [4.78, 5) is 12.8. The van der Waals surface area contributed by atoms with E-state index < -0.39 is 0 Å². The second kappa shape index (κ2) is 7.75. The first-order chi connectivity index (χ1) is 9.79. The van der Waals surface area contributed by atoms with Gasteiger partial charge in [-0.25, -0.2) is 0 Å². The Bertz CT molecular complexity index is 525. The minimum Gasteiger partial charge on any atom is -0.469 e. The van der Waals surface area contributed by atoms with Gasteiger partial charge in [0.2, 0.25) is 0 Å². The van der Waals surface area contributed by atoms with Crippen molar-refractivity contribution in [2.45, 2.75) is 17.2 Å². The van der Waals surface area contributed by atoms with Crippen LogP contribution in [0.2, 0.25) is 0 Å². The Hall–Kier alpha value is -1.74. The molecule has 0 aliphatic rings. The molecule has 0 N–H and O–H groups in total. The molecular weight excluding hydrogens is 268 g/mol. The zero-order chi connectivity index (χ0) is 14.2. The summed E-state index contributed by atoms with van der Waals surface area (Å²) in [7, 11) is 1.44. The standard InChI is InChI=1S/C17H18O2S/c1-19-17(18)12-15(14-8-4-2-5-9-14)13-20-16-10-6-3-7-11-16/h2-11,15H,12-13H2,1H3. The molecule has 1 unspecified atom stereocenters. The number of benzene rings is 2. The van der Waals surface area contributed by atoms with Gasteiger partial charge in [0.05, 0.1) is 13.5 Å². The molecule has 1 atom stereocenters. The molecule has 0 aliphatic carbocycles. The fourth-order valence-corrected chi connectivity index (χ4v) is 3.05. The van der Waals surface area contributed by atoms with Gasteiger partial charge < -0.3 is 4.74 Å². The van der Waals surface area contributed by atoms with Crippen molar-refractivity contribution in [3.8, 4) is 0 Å². The van der Waals surface area contributed by atoms with Crippen molar-refractivity contribution in [3.05, 3.63) is 66.2 Å². The fraction of sp³-hybridized carbons (Fsp3) is 0.235. The Morgan fingerprint density at radius 1 is 1.05 bits per heavy atom. The Labute approximate surface area is 124 Å². The van der Waals surface area contributed by atoms with Gasteiger partial charge in [-0.15, -0.1) is 11.8 Å². The van der Waals surface area contributed by atoms with Crippen LogP contribution in [0.15, 0.2) is 65.6 Å². The molecule has 2 aromatic rings. The number of ether oxygens (including phenoxy) is 1. The van der Waals surface area contributed by atoms with Crippen molar-refractivity contribution in [3.63, 3.8) is 0 Å². The summed E-state index contributed by atoms with van der Waals surface area (Å²) in [5, 5.41) is 0. The van der Waals surface area contributed by atoms with E-state index in [0.29, 0.717) is 6.42 Å². The first-order valence-corrected chi connectivity index (χ1v) is 7.57. The summed E-state index contributed by atoms with van der Waals surface area (Å²) in [6.07, 6.45) is 0.417. The molecule has 0 heterocycles. The maximum Gasteiger partial charge on any atom is 0.306 e. The van der Waals surface area contributed by atoms with E-state index in [-0.39, 0.29) is 11.9 Å². The predicted molar refractivity (Wildman–Crippen MR) is 83.0 cm³/mol. The summed E-state index contributed by atoms with van der Waals surface area (Å²) in [5.74, 6) is 0.879. The topological polar surface area (TPSA) is 26.3 Å². The van der Waals surface area contributed by atoms with Gasteiger partial charge in [0.1, 0.15) is 0 Å². The van der Waals surface area contributed by atoms with Crippen LogP contribution in [0.3, 0.4) is 0 Å². The normalized spacial score (nSPS) is 11.8. The lowest BCUT2D eigenvalue weighted by Gasteiger charge is -2.16. The van der Waals surface area contributed by atoms with E-state index in [4.69, 9.17) is 4.74 Å². The lowest BCUT2D eigenvalue weighted by atomic mass is 9.98. The predicted octanol–water partition coefficient (Wildman–Crippen LogP) is 4.13. The Kier molecular flexibility index (Phi) is 5.69. The van der Waals surface area contributed by atoms with Gasteiger partial charge in [0, 0.05) is 16.6 Å². The van der Waals surface area contributed by atoms with E-state index in [2.05, 4.69) is 24.3 Å². The van der Waals surface area contributed by atoms with E-state index in [1.807, 2.05) is 36.4 Å². The van der Waals surface area contributed by atoms with Crippen LogP contribution in [0.1, 0.15) is 17.9 Å². The van der Waals surface area contributed by atoms with Crippen LogP contribution < -0.4 is 0 Å². The van der Waals surface area contributed by atoms with E-state index in [1.165, 1.54) is 17.6 Å². The summed E-state index contributed by atoms with van der Waals surface area (Å²) < 4.78 is 4.81. The van der Waals surface area contributed by atoms with Crippen molar-refractivity contribution < 1.29 is 9.53 Å². The van der Waals surface area contributed by atoms with Gasteiger partial charge in [0.25, 0.3) is 0 Å². The number of carbonyl (C=O) groups excluding carboxylic acids is 1. The maximum atomic E-state index is 11.6. The average Bonchev–Trinajstić information content (AvgIpc) is 2.53. The van der Waals surface area contributed by atoms with Crippen molar-refractivity contribution in [2.75, 3.05) is 12.9 Å². The highest BCUT2D eigenvalue weighted by atomic mass is 32.2. The smallest absolute Gasteiger partial charge is 0.306 e. The van der Waals surface area contributed by atoms with Crippen LogP contribution in [0.25, 0.3) is 0 Å². The van der Waals surface area contributed by atoms with Crippen LogP contribution >= 0.6 is 11.8 Å². The van der Waals surface area contributed by atoms with Crippen molar-refractivity contribution in [2.24, 2.45) is 0 Å². The number of rotatable bonds is 6. The summed E-state index contributed by atoms with van der Waals surface area (Å²) >= 11 is 1.77. The molecule has 2 aromatic carbocycles. The number of carbonyl (C=O) groups is 1. The Morgan fingerprint density at radius 3 is 2.25 bits per heavy atom. The monoisotopic (exact) mass is 286 g/mol. The summed E-state index contributed by atoms with van der Waals surface area (Å²) in [6.45, 7) is 0. The second-order valence-electron chi connectivity index (χ2n) is 4.51. The van der Waals surface area contributed by atoms with Crippen LogP contribution in [0.5, 0.6) is 0 Å².